The lowest BCUT2D eigenvalue weighted by molar-refractivity contribution is 0.238. The van der Waals surface area contributed by atoms with Crippen molar-refractivity contribution < 1.29 is 4.74 Å². The van der Waals surface area contributed by atoms with Gasteiger partial charge < -0.3 is 4.74 Å². The molecule has 0 radical (unpaired) electrons. The molecule has 4 heterocycles. The molecule has 0 amide bonds. The second-order valence-electron chi connectivity index (χ2n) is 7.85. The zero-order valence-electron chi connectivity index (χ0n) is 16.1. The summed E-state index contributed by atoms with van der Waals surface area (Å²) in [6.07, 6.45) is 6.53. The molecule has 0 saturated carbocycles. The van der Waals surface area contributed by atoms with Crippen LogP contribution in [-0.4, -0.2) is 52.9 Å². The lowest BCUT2D eigenvalue weighted by atomic mass is 9.98. The predicted molar refractivity (Wildman–Crippen MR) is 105 cm³/mol. The molecule has 3 unspecified atom stereocenters. The summed E-state index contributed by atoms with van der Waals surface area (Å²) in [6, 6.07) is 4.79. The molecule has 4 atom stereocenters. The van der Waals surface area contributed by atoms with Gasteiger partial charge in [0.25, 0.3) is 0 Å². The monoisotopic (exact) mass is 352 g/mol. The van der Waals surface area contributed by atoms with Crippen LogP contribution in [-0.2, 0) is 11.2 Å². The van der Waals surface area contributed by atoms with E-state index in [1.807, 2.05) is 6.92 Å². The third kappa shape index (κ3) is 3.58. The third-order valence-electron chi connectivity index (χ3n) is 5.61. The number of aryl methyl sites for hydroxylation is 2. The van der Waals surface area contributed by atoms with Crippen LogP contribution in [0.2, 0.25) is 0 Å². The number of likely N-dealkylation sites (tertiary alicyclic amines) is 1. The number of dihydropyridines is 1. The zero-order valence-corrected chi connectivity index (χ0v) is 16.1. The molecular weight excluding hydrogens is 324 g/mol. The summed E-state index contributed by atoms with van der Waals surface area (Å²) in [4.78, 5) is 16.4. The largest absolute Gasteiger partial charge is 0.469 e. The van der Waals surface area contributed by atoms with Crippen molar-refractivity contribution in [2.75, 3.05) is 13.1 Å². The molecule has 0 aliphatic carbocycles. The first-order valence-corrected chi connectivity index (χ1v) is 9.63. The van der Waals surface area contributed by atoms with E-state index in [4.69, 9.17) is 9.73 Å². The molecule has 3 aliphatic rings. The average molecular weight is 352 g/mol. The highest BCUT2D eigenvalue weighted by molar-refractivity contribution is 6.00. The molecule has 0 bridgehead atoms. The van der Waals surface area contributed by atoms with Crippen molar-refractivity contribution in [2.45, 2.75) is 58.8 Å². The normalized spacial score (nSPS) is 29.2. The molecule has 1 aromatic heterocycles. The van der Waals surface area contributed by atoms with Gasteiger partial charge in [0, 0.05) is 30.9 Å². The Kier molecular flexibility index (Phi) is 4.65. The van der Waals surface area contributed by atoms with Crippen LogP contribution in [0, 0.1) is 19.8 Å². The quantitative estimate of drug-likeness (QED) is 0.837. The van der Waals surface area contributed by atoms with E-state index in [1.165, 1.54) is 12.0 Å². The van der Waals surface area contributed by atoms with Gasteiger partial charge in [-0.1, -0.05) is 0 Å². The molecule has 1 saturated heterocycles. The molecule has 0 N–H and O–H groups in total. The van der Waals surface area contributed by atoms with Crippen molar-refractivity contribution in [2.24, 2.45) is 15.9 Å². The Bertz CT molecular complexity index is 762. The SMILES string of the molecule is CC1=NC2N=C(C(C)N3CC[C@H](Cc4cc(C)nc(C)c4)C3)C=CC2O1. The summed E-state index contributed by atoms with van der Waals surface area (Å²) >= 11 is 0. The van der Waals surface area contributed by atoms with E-state index in [9.17, 15) is 0 Å². The van der Waals surface area contributed by atoms with Gasteiger partial charge in [-0.05, 0) is 75.9 Å². The van der Waals surface area contributed by atoms with Crippen molar-refractivity contribution in [3.05, 3.63) is 41.2 Å². The number of ether oxygens (including phenoxy) is 1. The first-order valence-electron chi connectivity index (χ1n) is 9.63. The lowest BCUT2D eigenvalue weighted by Crippen LogP contribution is -2.39. The van der Waals surface area contributed by atoms with E-state index >= 15 is 0 Å². The molecule has 0 aromatic carbocycles. The maximum Gasteiger partial charge on any atom is 0.183 e. The molecular formula is C21H28N4O. The fourth-order valence-electron chi connectivity index (χ4n) is 4.37. The summed E-state index contributed by atoms with van der Waals surface area (Å²) in [5.41, 5.74) is 4.79. The maximum absolute atomic E-state index is 5.66. The van der Waals surface area contributed by atoms with Gasteiger partial charge in [0.15, 0.2) is 18.2 Å². The molecule has 3 aliphatic heterocycles. The van der Waals surface area contributed by atoms with Crippen LogP contribution < -0.4 is 0 Å². The molecule has 26 heavy (non-hydrogen) atoms. The van der Waals surface area contributed by atoms with Crippen LogP contribution in [0.1, 0.15) is 37.2 Å². The summed E-state index contributed by atoms with van der Waals surface area (Å²) in [5.74, 6) is 1.45. The minimum atomic E-state index is -0.0846. The number of hydrogen-bond donors (Lipinski definition) is 0. The Morgan fingerprint density at radius 3 is 2.73 bits per heavy atom. The zero-order chi connectivity index (χ0) is 18.3. The van der Waals surface area contributed by atoms with Crippen LogP contribution in [0.5, 0.6) is 0 Å². The highest BCUT2D eigenvalue weighted by Crippen LogP contribution is 2.26. The highest BCUT2D eigenvalue weighted by atomic mass is 16.5. The van der Waals surface area contributed by atoms with Crippen molar-refractivity contribution in [1.82, 2.24) is 9.88 Å². The smallest absolute Gasteiger partial charge is 0.183 e. The van der Waals surface area contributed by atoms with Crippen molar-refractivity contribution >= 4 is 11.6 Å². The summed E-state index contributed by atoms with van der Waals surface area (Å²) in [6.45, 7) is 10.6. The van der Waals surface area contributed by atoms with Gasteiger partial charge in [-0.25, -0.2) is 4.99 Å². The number of fused-ring (bicyclic) bond motifs is 1. The number of rotatable bonds is 4. The number of aliphatic imine (C=N–C) groups is 2. The molecule has 138 valence electrons. The lowest BCUT2D eigenvalue weighted by Gasteiger charge is -2.27. The topological polar surface area (TPSA) is 50.1 Å². The Hall–Kier alpha value is -2.01. The van der Waals surface area contributed by atoms with Crippen molar-refractivity contribution in [3.63, 3.8) is 0 Å². The van der Waals surface area contributed by atoms with Gasteiger partial charge in [0.05, 0.1) is 5.71 Å². The first kappa shape index (κ1) is 17.4. The van der Waals surface area contributed by atoms with E-state index in [0.29, 0.717) is 12.0 Å². The van der Waals surface area contributed by atoms with E-state index in [2.05, 4.69) is 59.9 Å². The minimum absolute atomic E-state index is 0.00422. The number of aromatic nitrogens is 1. The summed E-state index contributed by atoms with van der Waals surface area (Å²) < 4.78 is 5.66. The Morgan fingerprint density at radius 1 is 1.19 bits per heavy atom. The molecule has 4 rings (SSSR count). The fourth-order valence-corrected chi connectivity index (χ4v) is 4.37. The van der Waals surface area contributed by atoms with Gasteiger partial charge in [-0.2, -0.15) is 0 Å². The highest BCUT2D eigenvalue weighted by Gasteiger charge is 2.33. The molecule has 5 heteroatoms. The predicted octanol–water partition coefficient (Wildman–Crippen LogP) is 3.11. The second kappa shape index (κ2) is 6.95. The minimum Gasteiger partial charge on any atom is -0.469 e. The van der Waals surface area contributed by atoms with Gasteiger partial charge in [-0.15, -0.1) is 0 Å². The van der Waals surface area contributed by atoms with Crippen molar-refractivity contribution in [1.29, 1.82) is 0 Å². The average Bonchev–Trinajstić information content (AvgIpc) is 3.17. The van der Waals surface area contributed by atoms with Crippen LogP contribution in [0.3, 0.4) is 0 Å². The Balaban J connectivity index is 1.39. The molecule has 5 nitrogen and oxygen atoms in total. The third-order valence-corrected chi connectivity index (χ3v) is 5.61. The number of hydrogen-bond acceptors (Lipinski definition) is 5. The van der Waals surface area contributed by atoms with E-state index in [0.717, 1.165) is 42.5 Å². The van der Waals surface area contributed by atoms with E-state index < -0.39 is 0 Å². The standard InChI is InChI=1S/C21H28N4O/c1-13-9-18(10-14(2)22-13)11-17-7-8-25(12-17)15(3)19-5-6-20-21(24-19)23-16(4)26-20/h5-6,9-10,15,17,20-21H,7-8,11-12H2,1-4H3/t15?,17-,20?,21?/m1/s1. The van der Waals surface area contributed by atoms with E-state index in [-0.39, 0.29) is 12.3 Å². The van der Waals surface area contributed by atoms with Crippen LogP contribution in [0.25, 0.3) is 0 Å². The van der Waals surface area contributed by atoms with Crippen molar-refractivity contribution in [3.8, 4) is 0 Å². The Morgan fingerprint density at radius 2 is 1.96 bits per heavy atom. The summed E-state index contributed by atoms with van der Waals surface area (Å²) in [5, 5.41) is 0. The molecule has 1 fully saturated rings. The first-order chi connectivity index (χ1) is 12.5. The van der Waals surface area contributed by atoms with Gasteiger partial charge >= 0.3 is 0 Å². The number of pyridine rings is 1. The van der Waals surface area contributed by atoms with Gasteiger partial charge in [0.2, 0.25) is 0 Å². The molecule has 0 spiro atoms. The number of nitrogens with zero attached hydrogens (tertiary/aromatic N) is 4. The van der Waals surface area contributed by atoms with Gasteiger partial charge in [0.1, 0.15) is 0 Å². The fraction of sp³-hybridized carbons (Fsp3) is 0.571. The van der Waals surface area contributed by atoms with Crippen LogP contribution in [0.4, 0.5) is 0 Å². The maximum atomic E-state index is 5.66. The van der Waals surface area contributed by atoms with E-state index in [1.54, 1.807) is 0 Å². The van der Waals surface area contributed by atoms with Gasteiger partial charge in [-0.3, -0.25) is 14.9 Å². The molecule has 1 aromatic rings. The second-order valence-corrected chi connectivity index (χ2v) is 7.85. The van der Waals surface area contributed by atoms with Crippen LogP contribution >= 0.6 is 0 Å². The van der Waals surface area contributed by atoms with Crippen LogP contribution in [0.15, 0.2) is 34.3 Å². The summed E-state index contributed by atoms with van der Waals surface area (Å²) in [7, 11) is 0. The Labute approximate surface area is 155 Å².